The van der Waals surface area contributed by atoms with E-state index in [0.29, 0.717) is 54.0 Å². The molecule has 8 heteroatoms. The van der Waals surface area contributed by atoms with Crippen LogP contribution in [0.15, 0.2) is 48.0 Å². The second-order valence-corrected chi connectivity index (χ2v) is 10.1. The van der Waals surface area contributed by atoms with Gasteiger partial charge in [-0.3, -0.25) is 9.59 Å². The minimum absolute atomic E-state index is 0.0318. The number of aliphatic hydroxyl groups excluding tert-OH is 1. The monoisotopic (exact) mass is 510 g/mol. The van der Waals surface area contributed by atoms with E-state index >= 15 is 0 Å². The number of likely N-dealkylation sites (tertiary alicyclic amines) is 1. The number of carbonyl (C=O) groups excluding carboxylic acids is 2. The lowest BCUT2D eigenvalue weighted by Gasteiger charge is -2.27. The van der Waals surface area contributed by atoms with E-state index in [1.807, 2.05) is 46.7 Å². The molecule has 1 heterocycles. The van der Waals surface area contributed by atoms with Crippen LogP contribution in [-0.4, -0.2) is 73.6 Å². The summed E-state index contributed by atoms with van der Waals surface area (Å²) >= 11 is 0. The van der Waals surface area contributed by atoms with Crippen molar-refractivity contribution in [3.8, 4) is 17.2 Å². The summed E-state index contributed by atoms with van der Waals surface area (Å²) in [5, 5.41) is 11.4. The molecule has 200 valence electrons. The lowest BCUT2D eigenvalue weighted by molar-refractivity contribution is -0.140. The zero-order chi connectivity index (χ0) is 27.3. The van der Waals surface area contributed by atoms with Gasteiger partial charge in [0.15, 0.2) is 11.5 Å². The van der Waals surface area contributed by atoms with Crippen LogP contribution in [0.1, 0.15) is 44.9 Å². The standard InChI is InChI=1S/C29H38N2O6/c1-18(2)17-36-22-10-8-9-21(15-22)27(32)25-26(31(14-13-30(5)6)29(34)28(25)33)20-11-12-23(37-19(3)4)24(16-20)35-7/h8-12,15-16,18-19,26,32H,13-14,17H2,1-7H3/b27-25-. The van der Waals surface area contributed by atoms with Gasteiger partial charge in [0.05, 0.1) is 31.4 Å². The first-order valence-corrected chi connectivity index (χ1v) is 12.5. The molecule has 0 saturated carbocycles. The van der Waals surface area contributed by atoms with Gasteiger partial charge in [0, 0.05) is 18.7 Å². The Morgan fingerprint density at radius 3 is 2.41 bits per heavy atom. The number of amides is 1. The van der Waals surface area contributed by atoms with Crippen LogP contribution in [0, 0.1) is 5.92 Å². The van der Waals surface area contributed by atoms with Crippen LogP contribution in [0.5, 0.6) is 17.2 Å². The van der Waals surface area contributed by atoms with Crippen molar-refractivity contribution in [1.29, 1.82) is 0 Å². The first-order chi connectivity index (χ1) is 17.5. The number of ketones is 1. The summed E-state index contributed by atoms with van der Waals surface area (Å²) in [6, 6.07) is 11.5. The lowest BCUT2D eigenvalue weighted by Crippen LogP contribution is -2.35. The van der Waals surface area contributed by atoms with E-state index < -0.39 is 17.7 Å². The normalized spacial score (nSPS) is 17.2. The average molecular weight is 511 g/mol. The summed E-state index contributed by atoms with van der Waals surface area (Å²) in [6.45, 7) is 9.31. The summed E-state index contributed by atoms with van der Waals surface area (Å²) < 4.78 is 17.2. The molecule has 1 saturated heterocycles. The van der Waals surface area contributed by atoms with E-state index in [1.165, 1.54) is 12.0 Å². The lowest BCUT2D eigenvalue weighted by atomic mass is 9.95. The van der Waals surface area contributed by atoms with Crippen molar-refractivity contribution in [2.75, 3.05) is 40.9 Å². The van der Waals surface area contributed by atoms with Crippen LogP contribution in [0.25, 0.3) is 5.76 Å². The SMILES string of the molecule is COc1cc(C2/C(=C(/O)c3cccc(OCC(C)C)c3)C(=O)C(=O)N2CCN(C)C)ccc1OC(C)C. The number of Topliss-reactive ketones (excluding diaryl/α,β-unsaturated/α-hetero) is 1. The first kappa shape index (κ1) is 28.1. The van der Waals surface area contributed by atoms with Crippen LogP contribution in [0.3, 0.4) is 0 Å². The largest absolute Gasteiger partial charge is 0.507 e. The van der Waals surface area contributed by atoms with Gasteiger partial charge in [0.1, 0.15) is 11.5 Å². The Labute approximate surface area is 219 Å². The smallest absolute Gasteiger partial charge is 0.295 e. The molecule has 1 atom stereocenters. The molecule has 8 nitrogen and oxygen atoms in total. The van der Waals surface area contributed by atoms with Crippen molar-refractivity contribution in [3.63, 3.8) is 0 Å². The first-order valence-electron chi connectivity index (χ1n) is 12.5. The van der Waals surface area contributed by atoms with Gasteiger partial charge in [-0.05, 0) is 63.7 Å². The highest BCUT2D eigenvalue weighted by Crippen LogP contribution is 2.42. The Kier molecular flexibility index (Phi) is 9.21. The van der Waals surface area contributed by atoms with Gasteiger partial charge in [-0.1, -0.05) is 32.0 Å². The van der Waals surface area contributed by atoms with Gasteiger partial charge in [-0.2, -0.15) is 0 Å². The number of hydrogen-bond donors (Lipinski definition) is 1. The summed E-state index contributed by atoms with van der Waals surface area (Å²) in [5.74, 6) is 0.324. The molecule has 0 bridgehead atoms. The van der Waals surface area contributed by atoms with Gasteiger partial charge >= 0.3 is 0 Å². The molecular weight excluding hydrogens is 472 g/mol. The molecule has 0 aliphatic carbocycles. The summed E-state index contributed by atoms with van der Waals surface area (Å²) in [4.78, 5) is 29.9. The number of methoxy groups -OCH3 is 1. The van der Waals surface area contributed by atoms with E-state index in [9.17, 15) is 14.7 Å². The third-order valence-electron chi connectivity index (χ3n) is 5.88. The molecule has 1 unspecified atom stereocenters. The quantitative estimate of drug-likeness (QED) is 0.270. The molecule has 0 aromatic heterocycles. The van der Waals surface area contributed by atoms with Crippen LogP contribution in [0.4, 0.5) is 0 Å². The topological polar surface area (TPSA) is 88.5 Å². The molecule has 1 amide bonds. The van der Waals surface area contributed by atoms with Crippen LogP contribution < -0.4 is 14.2 Å². The maximum absolute atomic E-state index is 13.3. The molecule has 2 aromatic carbocycles. The van der Waals surface area contributed by atoms with Gasteiger partial charge in [0.2, 0.25) is 0 Å². The van der Waals surface area contributed by atoms with Crippen molar-refractivity contribution >= 4 is 17.4 Å². The molecule has 0 radical (unpaired) electrons. The molecule has 0 spiro atoms. The summed E-state index contributed by atoms with van der Waals surface area (Å²) in [6.07, 6.45) is -0.0596. The van der Waals surface area contributed by atoms with Gasteiger partial charge in [-0.15, -0.1) is 0 Å². The van der Waals surface area contributed by atoms with E-state index in [4.69, 9.17) is 14.2 Å². The molecule has 1 aliphatic rings. The number of likely N-dealkylation sites (N-methyl/N-ethyl adjacent to an activating group) is 1. The minimum Gasteiger partial charge on any atom is -0.507 e. The number of nitrogens with zero attached hydrogens (tertiary/aromatic N) is 2. The fraction of sp³-hybridized carbons (Fsp3) is 0.448. The minimum atomic E-state index is -0.790. The molecular formula is C29H38N2O6. The van der Waals surface area contributed by atoms with Crippen LogP contribution >= 0.6 is 0 Å². The Hall–Kier alpha value is -3.52. The van der Waals surface area contributed by atoms with Crippen molar-refractivity contribution in [1.82, 2.24) is 9.80 Å². The highest BCUT2D eigenvalue weighted by Gasteiger charge is 2.46. The molecule has 3 rings (SSSR count). The number of ether oxygens (including phenoxy) is 3. The van der Waals surface area contributed by atoms with Crippen molar-refractivity contribution in [2.45, 2.75) is 39.8 Å². The summed E-state index contributed by atoms with van der Waals surface area (Å²) in [7, 11) is 5.34. The number of benzene rings is 2. The molecule has 1 N–H and O–H groups in total. The van der Waals surface area contributed by atoms with Gasteiger partial charge < -0.3 is 29.1 Å². The Morgan fingerprint density at radius 1 is 1.05 bits per heavy atom. The third-order valence-corrected chi connectivity index (χ3v) is 5.88. The fourth-order valence-corrected chi connectivity index (χ4v) is 4.12. The van der Waals surface area contributed by atoms with E-state index in [1.54, 1.807) is 42.5 Å². The molecule has 37 heavy (non-hydrogen) atoms. The molecule has 1 fully saturated rings. The van der Waals surface area contributed by atoms with Crippen molar-refractivity contribution in [3.05, 3.63) is 59.2 Å². The van der Waals surface area contributed by atoms with E-state index in [-0.39, 0.29) is 17.4 Å². The number of carbonyl (C=O) groups is 2. The van der Waals surface area contributed by atoms with E-state index in [0.717, 1.165) is 0 Å². The predicted molar refractivity (Wildman–Crippen MR) is 143 cm³/mol. The van der Waals surface area contributed by atoms with Crippen LogP contribution in [0.2, 0.25) is 0 Å². The highest BCUT2D eigenvalue weighted by molar-refractivity contribution is 6.46. The maximum atomic E-state index is 13.3. The number of rotatable bonds is 11. The molecule has 2 aromatic rings. The second-order valence-electron chi connectivity index (χ2n) is 10.1. The van der Waals surface area contributed by atoms with Crippen molar-refractivity contribution < 1.29 is 28.9 Å². The zero-order valence-corrected chi connectivity index (χ0v) is 22.8. The molecule has 1 aliphatic heterocycles. The Balaban J connectivity index is 2.13. The average Bonchev–Trinajstić information content (AvgIpc) is 3.10. The Bertz CT molecular complexity index is 1150. The third kappa shape index (κ3) is 6.63. The van der Waals surface area contributed by atoms with E-state index in [2.05, 4.69) is 0 Å². The summed E-state index contributed by atoms with van der Waals surface area (Å²) in [5.41, 5.74) is 1.08. The Morgan fingerprint density at radius 2 is 1.78 bits per heavy atom. The highest BCUT2D eigenvalue weighted by atomic mass is 16.5. The predicted octanol–water partition coefficient (Wildman–Crippen LogP) is 4.50. The fourth-order valence-electron chi connectivity index (χ4n) is 4.12. The van der Waals surface area contributed by atoms with Crippen molar-refractivity contribution in [2.24, 2.45) is 5.92 Å². The number of hydrogen-bond acceptors (Lipinski definition) is 7. The van der Waals surface area contributed by atoms with Crippen LogP contribution in [-0.2, 0) is 9.59 Å². The van der Waals surface area contributed by atoms with Gasteiger partial charge in [-0.25, -0.2) is 0 Å². The zero-order valence-electron chi connectivity index (χ0n) is 22.8. The van der Waals surface area contributed by atoms with Gasteiger partial charge in [0.25, 0.3) is 11.7 Å². The maximum Gasteiger partial charge on any atom is 0.295 e. The second kappa shape index (κ2) is 12.1. The number of aliphatic hydroxyl groups is 1.